The number of aliphatic hydroxyl groups excluding tert-OH is 1. The third-order valence-electron chi connectivity index (χ3n) is 2.92. The number of aliphatic hydroxyl groups is 1. The van der Waals surface area contributed by atoms with Crippen molar-refractivity contribution in [2.75, 3.05) is 12.4 Å². The van der Waals surface area contributed by atoms with E-state index in [9.17, 15) is 9.90 Å². The highest BCUT2D eigenvalue weighted by atomic mass is 35.5. The lowest BCUT2D eigenvalue weighted by molar-refractivity contribution is -0.119. The van der Waals surface area contributed by atoms with E-state index in [-0.39, 0.29) is 24.3 Å². The van der Waals surface area contributed by atoms with Gasteiger partial charge in [-0.15, -0.1) is 11.8 Å². The molecule has 3 nitrogen and oxygen atoms in total. The fourth-order valence-electron chi connectivity index (χ4n) is 1.86. The zero-order valence-electron chi connectivity index (χ0n) is 11.3. The average Bonchev–Trinajstić information content (AvgIpc) is 2.52. The van der Waals surface area contributed by atoms with Gasteiger partial charge in [0.05, 0.1) is 23.4 Å². The largest absolute Gasteiger partial charge is 0.394 e. The third kappa shape index (κ3) is 4.77. The van der Waals surface area contributed by atoms with Crippen molar-refractivity contribution < 1.29 is 9.90 Å². The zero-order chi connectivity index (χ0) is 15.1. The smallest absolute Gasteiger partial charge is 0.230 e. The van der Waals surface area contributed by atoms with Gasteiger partial charge in [-0.05, 0) is 17.7 Å². The third-order valence-corrected chi connectivity index (χ3v) is 4.43. The van der Waals surface area contributed by atoms with Crippen LogP contribution in [-0.4, -0.2) is 23.4 Å². The Morgan fingerprint density at radius 3 is 2.48 bits per heavy atom. The average molecular weight is 322 g/mol. The zero-order valence-corrected chi connectivity index (χ0v) is 12.9. The predicted octanol–water partition coefficient (Wildman–Crippen LogP) is 3.28. The second-order valence-electron chi connectivity index (χ2n) is 4.43. The van der Waals surface area contributed by atoms with Crippen LogP contribution in [0.15, 0.2) is 59.5 Å². The first kappa shape index (κ1) is 15.9. The van der Waals surface area contributed by atoms with Crippen LogP contribution in [0.3, 0.4) is 0 Å². The van der Waals surface area contributed by atoms with Crippen molar-refractivity contribution in [3.8, 4) is 0 Å². The van der Waals surface area contributed by atoms with E-state index in [0.717, 1.165) is 10.5 Å². The molecule has 0 radical (unpaired) electrons. The summed E-state index contributed by atoms with van der Waals surface area (Å²) in [6, 6.07) is 16.4. The van der Waals surface area contributed by atoms with E-state index >= 15 is 0 Å². The molecule has 5 heteroatoms. The van der Waals surface area contributed by atoms with Gasteiger partial charge >= 0.3 is 0 Å². The van der Waals surface area contributed by atoms with E-state index in [2.05, 4.69) is 5.32 Å². The lowest BCUT2D eigenvalue weighted by Crippen LogP contribution is -2.32. The summed E-state index contributed by atoms with van der Waals surface area (Å²) < 4.78 is 0. The number of nitrogens with one attached hydrogen (secondary N) is 1. The molecule has 2 aromatic rings. The van der Waals surface area contributed by atoms with Crippen molar-refractivity contribution in [1.29, 1.82) is 0 Å². The van der Waals surface area contributed by atoms with E-state index < -0.39 is 0 Å². The summed E-state index contributed by atoms with van der Waals surface area (Å²) in [6.45, 7) is -0.132. The fourth-order valence-corrected chi connectivity index (χ4v) is 2.91. The van der Waals surface area contributed by atoms with Crippen molar-refractivity contribution in [2.24, 2.45) is 0 Å². The molecular formula is C16H16ClNO2S. The summed E-state index contributed by atoms with van der Waals surface area (Å²) in [7, 11) is 0. The minimum Gasteiger partial charge on any atom is -0.394 e. The molecule has 2 rings (SSSR count). The van der Waals surface area contributed by atoms with Gasteiger partial charge in [-0.25, -0.2) is 0 Å². The van der Waals surface area contributed by atoms with E-state index in [1.807, 2.05) is 48.5 Å². The number of thioether (sulfide) groups is 1. The van der Waals surface area contributed by atoms with Crippen molar-refractivity contribution in [1.82, 2.24) is 5.32 Å². The Kier molecular flexibility index (Phi) is 6.11. The van der Waals surface area contributed by atoms with Crippen molar-refractivity contribution in [3.05, 3.63) is 65.2 Å². The summed E-state index contributed by atoms with van der Waals surface area (Å²) in [6.07, 6.45) is 0. The van der Waals surface area contributed by atoms with Crippen molar-refractivity contribution in [3.63, 3.8) is 0 Å². The molecule has 0 spiro atoms. The Morgan fingerprint density at radius 2 is 1.81 bits per heavy atom. The van der Waals surface area contributed by atoms with E-state index in [4.69, 9.17) is 11.6 Å². The Hall–Kier alpha value is -1.49. The van der Waals surface area contributed by atoms with Gasteiger partial charge in [0.2, 0.25) is 5.91 Å². The summed E-state index contributed by atoms with van der Waals surface area (Å²) in [4.78, 5) is 12.9. The normalized spacial score (nSPS) is 11.9. The maximum atomic E-state index is 12.0. The van der Waals surface area contributed by atoms with E-state index in [1.165, 1.54) is 11.8 Å². The van der Waals surface area contributed by atoms with E-state index in [0.29, 0.717) is 5.02 Å². The minimum atomic E-state index is -0.384. The van der Waals surface area contributed by atoms with Gasteiger partial charge in [0.25, 0.3) is 0 Å². The maximum Gasteiger partial charge on any atom is 0.230 e. The minimum absolute atomic E-state index is 0.132. The standard InChI is InChI=1S/C16H16ClNO2S/c17-13-8-4-5-9-15(13)21-11-16(20)18-14(10-19)12-6-2-1-3-7-12/h1-9,14,19H,10-11H2,(H,18,20)/t14-/m1/s1. The molecule has 0 heterocycles. The number of amides is 1. The molecule has 2 aromatic carbocycles. The predicted molar refractivity (Wildman–Crippen MR) is 86.6 cm³/mol. The first-order chi connectivity index (χ1) is 10.2. The van der Waals surface area contributed by atoms with Gasteiger partial charge in [0.15, 0.2) is 0 Å². The lowest BCUT2D eigenvalue weighted by atomic mass is 10.1. The van der Waals surface area contributed by atoms with Crippen LogP contribution in [0.5, 0.6) is 0 Å². The van der Waals surface area contributed by atoms with Crippen LogP contribution in [0.25, 0.3) is 0 Å². The van der Waals surface area contributed by atoms with Crippen LogP contribution in [0, 0.1) is 0 Å². The molecule has 0 aliphatic heterocycles. The molecule has 0 saturated carbocycles. The summed E-state index contributed by atoms with van der Waals surface area (Å²) in [5.41, 5.74) is 0.885. The molecular weight excluding hydrogens is 306 g/mol. The Labute approximate surface area is 133 Å². The summed E-state index contributed by atoms with van der Waals surface area (Å²) in [5.74, 6) is 0.121. The SMILES string of the molecule is O=C(CSc1ccccc1Cl)N[C@H](CO)c1ccccc1. The molecule has 0 aliphatic rings. The van der Waals surface area contributed by atoms with Crippen LogP contribution in [0.4, 0.5) is 0 Å². The molecule has 0 fully saturated rings. The molecule has 1 atom stereocenters. The highest BCUT2D eigenvalue weighted by Gasteiger charge is 2.13. The second-order valence-corrected chi connectivity index (χ2v) is 5.86. The summed E-state index contributed by atoms with van der Waals surface area (Å²) >= 11 is 7.42. The Balaban J connectivity index is 1.90. The fraction of sp³-hybridized carbons (Fsp3) is 0.188. The molecule has 0 unspecified atom stereocenters. The van der Waals surface area contributed by atoms with Crippen LogP contribution < -0.4 is 5.32 Å². The van der Waals surface area contributed by atoms with Gasteiger partial charge in [-0.2, -0.15) is 0 Å². The summed E-state index contributed by atoms with van der Waals surface area (Å²) in [5, 5.41) is 12.9. The maximum absolute atomic E-state index is 12.0. The molecule has 0 bridgehead atoms. The van der Waals surface area contributed by atoms with Gasteiger partial charge in [0, 0.05) is 4.90 Å². The monoisotopic (exact) mass is 321 g/mol. The second kappa shape index (κ2) is 8.08. The first-order valence-corrected chi connectivity index (χ1v) is 7.89. The molecule has 1 amide bonds. The number of hydrogen-bond donors (Lipinski definition) is 2. The van der Waals surface area contributed by atoms with Crippen molar-refractivity contribution in [2.45, 2.75) is 10.9 Å². The topological polar surface area (TPSA) is 49.3 Å². The number of rotatable bonds is 6. The van der Waals surface area contributed by atoms with Gasteiger partial charge < -0.3 is 10.4 Å². The number of benzene rings is 2. The van der Waals surface area contributed by atoms with E-state index in [1.54, 1.807) is 6.07 Å². The highest BCUT2D eigenvalue weighted by molar-refractivity contribution is 8.00. The van der Waals surface area contributed by atoms with Crippen LogP contribution in [0.1, 0.15) is 11.6 Å². The van der Waals surface area contributed by atoms with Crippen molar-refractivity contribution >= 4 is 29.3 Å². The molecule has 21 heavy (non-hydrogen) atoms. The Morgan fingerprint density at radius 1 is 1.14 bits per heavy atom. The van der Waals surface area contributed by atoms with Crippen LogP contribution >= 0.6 is 23.4 Å². The number of halogens is 1. The molecule has 0 aromatic heterocycles. The van der Waals surface area contributed by atoms with Gasteiger partial charge in [-0.3, -0.25) is 4.79 Å². The molecule has 0 aliphatic carbocycles. The first-order valence-electron chi connectivity index (χ1n) is 6.53. The number of hydrogen-bond acceptors (Lipinski definition) is 3. The van der Waals surface area contributed by atoms with Gasteiger partial charge in [0.1, 0.15) is 0 Å². The quantitative estimate of drug-likeness (QED) is 0.803. The molecule has 110 valence electrons. The van der Waals surface area contributed by atoms with Crippen LogP contribution in [0.2, 0.25) is 5.02 Å². The number of carbonyl (C=O) groups excluding carboxylic acids is 1. The lowest BCUT2D eigenvalue weighted by Gasteiger charge is -2.16. The highest BCUT2D eigenvalue weighted by Crippen LogP contribution is 2.26. The van der Waals surface area contributed by atoms with Crippen LogP contribution in [-0.2, 0) is 4.79 Å². The Bertz CT molecular complexity index is 592. The molecule has 0 saturated heterocycles. The van der Waals surface area contributed by atoms with Gasteiger partial charge in [-0.1, -0.05) is 54.1 Å². The molecule has 2 N–H and O–H groups in total. The number of carbonyl (C=O) groups is 1.